The third-order valence-electron chi connectivity index (χ3n) is 5.09. The maximum Gasteiger partial charge on any atom is 0.119 e. The Morgan fingerprint density at radius 1 is 0.905 bits per heavy atom. The minimum atomic E-state index is -0.0594. The van der Waals surface area contributed by atoms with E-state index in [0.29, 0.717) is 6.04 Å². The van der Waals surface area contributed by atoms with Gasteiger partial charge < -0.3 is 4.74 Å². The molecule has 0 aromatic heterocycles. The van der Waals surface area contributed by atoms with Gasteiger partial charge in [-0.2, -0.15) is 0 Å². The number of hydrogen-bond acceptors (Lipinski definition) is 2. The predicted molar refractivity (Wildman–Crippen MR) is 87.1 cm³/mol. The molecule has 1 aromatic carbocycles. The van der Waals surface area contributed by atoms with E-state index >= 15 is 0 Å². The number of rotatable bonds is 5. The molecule has 2 saturated carbocycles. The van der Waals surface area contributed by atoms with Crippen LogP contribution >= 0.6 is 0 Å². The topological polar surface area (TPSA) is 21.3 Å². The Morgan fingerprint density at radius 2 is 1.57 bits per heavy atom. The molecule has 2 aliphatic rings. The molecule has 2 fully saturated rings. The molecule has 1 aromatic rings. The van der Waals surface area contributed by atoms with Crippen molar-refractivity contribution in [2.45, 2.75) is 82.6 Å². The van der Waals surface area contributed by atoms with Crippen molar-refractivity contribution in [2.75, 3.05) is 0 Å². The lowest BCUT2D eigenvalue weighted by Gasteiger charge is -2.42. The van der Waals surface area contributed by atoms with Gasteiger partial charge in [-0.25, -0.2) is 0 Å². The molecule has 21 heavy (non-hydrogen) atoms. The van der Waals surface area contributed by atoms with E-state index in [2.05, 4.69) is 35.6 Å². The van der Waals surface area contributed by atoms with Crippen LogP contribution in [0.1, 0.15) is 69.8 Å². The number of benzene rings is 1. The molecule has 0 spiro atoms. The van der Waals surface area contributed by atoms with Gasteiger partial charge in [0.05, 0.1) is 6.61 Å². The van der Waals surface area contributed by atoms with Crippen LogP contribution in [0.25, 0.3) is 0 Å². The first-order chi connectivity index (χ1) is 10.4. The molecule has 0 aliphatic heterocycles. The Morgan fingerprint density at radius 3 is 2.29 bits per heavy atom. The Hall–Kier alpha value is -0.860. The Kier molecular flexibility index (Phi) is 5.32. The molecule has 2 nitrogen and oxygen atoms in total. The van der Waals surface area contributed by atoms with E-state index in [1.807, 2.05) is 0 Å². The van der Waals surface area contributed by atoms with Crippen molar-refractivity contribution < 1.29 is 4.74 Å². The molecule has 2 heteroatoms. The highest BCUT2D eigenvalue weighted by atomic mass is 16.5. The van der Waals surface area contributed by atoms with E-state index in [4.69, 9.17) is 4.74 Å². The highest BCUT2D eigenvalue weighted by molar-refractivity contribution is 5.13. The van der Waals surface area contributed by atoms with Crippen molar-refractivity contribution in [3.8, 4) is 0 Å². The maximum absolute atomic E-state index is 6.45. The normalized spacial score (nSPS) is 23.0. The molecule has 0 heterocycles. The van der Waals surface area contributed by atoms with Crippen LogP contribution in [-0.2, 0) is 11.3 Å². The molecular weight excluding hydrogens is 258 g/mol. The lowest BCUT2D eigenvalue weighted by molar-refractivity contribution is -0.112. The first-order valence-electron chi connectivity index (χ1n) is 8.82. The van der Waals surface area contributed by atoms with Crippen molar-refractivity contribution >= 4 is 0 Å². The zero-order chi connectivity index (χ0) is 14.4. The lowest BCUT2D eigenvalue weighted by Crippen LogP contribution is -2.53. The predicted octanol–water partition coefficient (Wildman–Crippen LogP) is 4.79. The summed E-state index contributed by atoms with van der Waals surface area (Å²) < 4.78 is 6.45. The minimum Gasteiger partial charge on any atom is -0.356 e. The highest BCUT2D eigenvalue weighted by Gasteiger charge is 2.35. The second kappa shape index (κ2) is 7.42. The number of hydrogen-bond donors (Lipinski definition) is 1. The Bertz CT molecular complexity index is 405. The minimum absolute atomic E-state index is 0.0594. The molecule has 0 unspecified atom stereocenters. The zero-order valence-corrected chi connectivity index (χ0v) is 13.2. The smallest absolute Gasteiger partial charge is 0.119 e. The third-order valence-corrected chi connectivity index (χ3v) is 5.09. The summed E-state index contributed by atoms with van der Waals surface area (Å²) in [6.07, 6.45) is 13.2. The van der Waals surface area contributed by atoms with Crippen LogP contribution in [0.5, 0.6) is 0 Å². The van der Waals surface area contributed by atoms with Crippen LogP contribution in [0.4, 0.5) is 0 Å². The van der Waals surface area contributed by atoms with Gasteiger partial charge in [-0.05, 0) is 44.1 Å². The molecule has 1 N–H and O–H groups in total. The van der Waals surface area contributed by atoms with Gasteiger partial charge in [-0.3, -0.25) is 5.32 Å². The molecule has 0 atom stereocenters. The van der Waals surface area contributed by atoms with Gasteiger partial charge in [0.1, 0.15) is 5.72 Å². The summed E-state index contributed by atoms with van der Waals surface area (Å²) in [5.41, 5.74) is 1.23. The standard InChI is InChI=1S/C19H29NO/c1-4-10-17(11-5-1)16-21-19(14-8-3-9-15-19)20-18-12-6-2-7-13-18/h1,4-5,10-11,18,20H,2-3,6-9,12-16H2. The summed E-state index contributed by atoms with van der Waals surface area (Å²) in [6.45, 7) is 0.737. The number of ether oxygens (including phenoxy) is 1. The summed E-state index contributed by atoms with van der Waals surface area (Å²) in [5, 5.41) is 3.92. The average Bonchev–Trinajstić information content (AvgIpc) is 2.56. The monoisotopic (exact) mass is 287 g/mol. The van der Waals surface area contributed by atoms with Gasteiger partial charge in [0.15, 0.2) is 0 Å². The molecular formula is C19H29NO. The molecule has 0 bridgehead atoms. The SMILES string of the molecule is c1ccc(COC2(NC3CCCCC3)CCCCC2)cc1. The summed E-state index contributed by atoms with van der Waals surface area (Å²) >= 11 is 0. The van der Waals surface area contributed by atoms with Crippen molar-refractivity contribution in [3.05, 3.63) is 35.9 Å². The van der Waals surface area contributed by atoms with Gasteiger partial charge in [-0.1, -0.05) is 56.0 Å². The van der Waals surface area contributed by atoms with E-state index in [0.717, 1.165) is 6.61 Å². The quantitative estimate of drug-likeness (QED) is 0.786. The number of nitrogens with one attached hydrogen (secondary N) is 1. The fraction of sp³-hybridized carbons (Fsp3) is 0.684. The van der Waals surface area contributed by atoms with Crippen molar-refractivity contribution in [1.29, 1.82) is 0 Å². The van der Waals surface area contributed by atoms with Gasteiger partial charge in [0.25, 0.3) is 0 Å². The van der Waals surface area contributed by atoms with Crippen LogP contribution in [0.3, 0.4) is 0 Å². The van der Waals surface area contributed by atoms with Crippen LogP contribution in [-0.4, -0.2) is 11.8 Å². The molecule has 3 rings (SSSR count). The van der Waals surface area contributed by atoms with E-state index in [1.165, 1.54) is 69.8 Å². The van der Waals surface area contributed by atoms with Gasteiger partial charge in [-0.15, -0.1) is 0 Å². The maximum atomic E-state index is 6.45. The summed E-state index contributed by atoms with van der Waals surface area (Å²) in [5.74, 6) is 0. The second-order valence-electron chi connectivity index (χ2n) is 6.81. The fourth-order valence-corrected chi connectivity index (χ4v) is 3.87. The Balaban J connectivity index is 1.61. The second-order valence-corrected chi connectivity index (χ2v) is 6.81. The van der Waals surface area contributed by atoms with Gasteiger partial charge >= 0.3 is 0 Å². The van der Waals surface area contributed by atoms with Crippen LogP contribution in [0.15, 0.2) is 30.3 Å². The van der Waals surface area contributed by atoms with E-state index in [9.17, 15) is 0 Å². The Labute approximate surface area is 129 Å². The highest BCUT2D eigenvalue weighted by Crippen LogP contribution is 2.32. The molecule has 0 radical (unpaired) electrons. The van der Waals surface area contributed by atoms with Crippen molar-refractivity contribution in [1.82, 2.24) is 5.32 Å². The van der Waals surface area contributed by atoms with E-state index in [-0.39, 0.29) is 5.72 Å². The zero-order valence-electron chi connectivity index (χ0n) is 13.2. The largest absolute Gasteiger partial charge is 0.356 e. The first kappa shape index (κ1) is 15.1. The average molecular weight is 287 g/mol. The van der Waals surface area contributed by atoms with E-state index in [1.54, 1.807) is 0 Å². The van der Waals surface area contributed by atoms with Crippen LogP contribution in [0, 0.1) is 0 Å². The molecule has 0 amide bonds. The van der Waals surface area contributed by atoms with Gasteiger partial charge in [0, 0.05) is 6.04 Å². The lowest BCUT2D eigenvalue weighted by atomic mass is 9.88. The third kappa shape index (κ3) is 4.31. The van der Waals surface area contributed by atoms with Crippen LogP contribution in [0.2, 0.25) is 0 Å². The summed E-state index contributed by atoms with van der Waals surface area (Å²) in [7, 11) is 0. The first-order valence-corrected chi connectivity index (χ1v) is 8.82. The van der Waals surface area contributed by atoms with Crippen molar-refractivity contribution in [3.63, 3.8) is 0 Å². The van der Waals surface area contributed by atoms with Gasteiger partial charge in [0.2, 0.25) is 0 Å². The van der Waals surface area contributed by atoms with Crippen LogP contribution < -0.4 is 5.32 Å². The molecule has 2 aliphatic carbocycles. The van der Waals surface area contributed by atoms with E-state index < -0.39 is 0 Å². The fourth-order valence-electron chi connectivity index (χ4n) is 3.87. The van der Waals surface area contributed by atoms with Crippen molar-refractivity contribution in [2.24, 2.45) is 0 Å². The summed E-state index contributed by atoms with van der Waals surface area (Å²) in [4.78, 5) is 0. The summed E-state index contributed by atoms with van der Waals surface area (Å²) in [6, 6.07) is 11.3. The molecule has 116 valence electrons. The molecule has 0 saturated heterocycles.